The first-order chi connectivity index (χ1) is 14.2. The number of benzene rings is 2. The number of ether oxygens (including phenoxy) is 2. The fourth-order valence-corrected chi connectivity index (χ4v) is 3.19. The molecule has 0 unspecified atom stereocenters. The van der Waals surface area contributed by atoms with Gasteiger partial charge in [-0.25, -0.2) is 4.83 Å². The van der Waals surface area contributed by atoms with Crippen LogP contribution in [0.1, 0.15) is 19.4 Å². The van der Waals surface area contributed by atoms with Crippen LogP contribution in [0.4, 0.5) is 11.4 Å². The number of sulfonamides is 1. The zero-order chi connectivity index (χ0) is 22.3. The predicted octanol–water partition coefficient (Wildman–Crippen LogP) is 2.61. The maximum atomic E-state index is 12.3. The van der Waals surface area contributed by atoms with Gasteiger partial charge < -0.3 is 9.47 Å². The molecule has 13 heteroatoms. The van der Waals surface area contributed by atoms with Crippen LogP contribution in [0.15, 0.2) is 46.4 Å². The third-order valence-electron chi connectivity index (χ3n) is 3.57. The second-order valence-corrected chi connectivity index (χ2v) is 7.26. The van der Waals surface area contributed by atoms with Crippen LogP contribution < -0.4 is 14.3 Å². The van der Waals surface area contributed by atoms with Crippen LogP contribution in [0, 0.1) is 20.2 Å². The van der Waals surface area contributed by atoms with E-state index in [1.807, 2.05) is 4.83 Å². The van der Waals surface area contributed by atoms with E-state index in [2.05, 4.69) is 5.10 Å². The highest BCUT2D eigenvalue weighted by Crippen LogP contribution is 2.38. The van der Waals surface area contributed by atoms with Gasteiger partial charge in [-0.1, -0.05) is 6.07 Å². The van der Waals surface area contributed by atoms with Crippen molar-refractivity contribution in [1.82, 2.24) is 4.83 Å². The number of hydrazone groups is 1. The van der Waals surface area contributed by atoms with Gasteiger partial charge in [0.2, 0.25) is 5.75 Å². The summed E-state index contributed by atoms with van der Waals surface area (Å²) < 4.78 is 35.2. The van der Waals surface area contributed by atoms with Gasteiger partial charge in [0.05, 0.1) is 34.2 Å². The number of nitro benzene ring substituents is 2. The van der Waals surface area contributed by atoms with Gasteiger partial charge in [0.15, 0.2) is 5.75 Å². The topological polar surface area (TPSA) is 163 Å². The van der Waals surface area contributed by atoms with Crippen molar-refractivity contribution in [3.63, 3.8) is 0 Å². The van der Waals surface area contributed by atoms with Crippen LogP contribution in [0.5, 0.6) is 11.5 Å². The molecule has 1 N–H and O–H groups in total. The third-order valence-corrected chi connectivity index (χ3v) is 4.79. The number of rotatable bonds is 10. The van der Waals surface area contributed by atoms with Gasteiger partial charge in [-0.05, 0) is 26.0 Å². The van der Waals surface area contributed by atoms with Gasteiger partial charge >= 0.3 is 5.69 Å². The molecule has 0 saturated heterocycles. The first kappa shape index (κ1) is 22.5. The van der Waals surface area contributed by atoms with Crippen LogP contribution in [0.25, 0.3) is 0 Å². The number of nitro groups is 2. The van der Waals surface area contributed by atoms with Gasteiger partial charge in [-0.3, -0.25) is 20.2 Å². The Morgan fingerprint density at radius 2 is 1.77 bits per heavy atom. The van der Waals surface area contributed by atoms with Gasteiger partial charge in [0, 0.05) is 23.8 Å². The minimum Gasteiger partial charge on any atom is -0.490 e. The molecule has 160 valence electrons. The lowest BCUT2D eigenvalue weighted by atomic mass is 10.2. The molecule has 0 bridgehead atoms. The lowest BCUT2D eigenvalue weighted by Gasteiger charge is -2.11. The molecule has 0 heterocycles. The standard InChI is InChI=1S/C17H18N4O8S/c1-3-28-16-9-12(8-15(21(24)25)17(16)29-4-2)11-18-19-30(26,27)14-7-5-6-13(10-14)20(22)23/h5-11,19H,3-4H2,1-2H3/b18-11+. The molecule has 0 aliphatic heterocycles. The summed E-state index contributed by atoms with van der Waals surface area (Å²) in [5, 5.41) is 25.8. The van der Waals surface area contributed by atoms with E-state index >= 15 is 0 Å². The van der Waals surface area contributed by atoms with Crippen molar-refractivity contribution >= 4 is 27.6 Å². The Morgan fingerprint density at radius 1 is 1.07 bits per heavy atom. The maximum Gasteiger partial charge on any atom is 0.315 e. The number of nitrogens with one attached hydrogen (secondary N) is 1. The summed E-state index contributed by atoms with van der Waals surface area (Å²) in [4.78, 5) is 22.3. The highest BCUT2D eigenvalue weighted by molar-refractivity contribution is 7.89. The SMILES string of the molecule is CCOc1cc(/C=N/NS(=O)(=O)c2cccc([N+](=O)[O-])c2)cc([N+](=O)[O-])c1OCC. The first-order valence-electron chi connectivity index (χ1n) is 8.57. The summed E-state index contributed by atoms with van der Waals surface area (Å²) in [6, 6.07) is 6.98. The highest BCUT2D eigenvalue weighted by Gasteiger charge is 2.22. The number of hydrogen-bond donors (Lipinski definition) is 1. The molecule has 0 amide bonds. The summed E-state index contributed by atoms with van der Waals surface area (Å²) >= 11 is 0. The maximum absolute atomic E-state index is 12.3. The van der Waals surface area contributed by atoms with E-state index in [1.165, 1.54) is 18.2 Å². The zero-order valence-corrected chi connectivity index (χ0v) is 16.8. The summed E-state index contributed by atoms with van der Waals surface area (Å²) in [6.07, 6.45) is 1.04. The molecule has 0 radical (unpaired) electrons. The van der Waals surface area contributed by atoms with Crippen molar-refractivity contribution in [2.24, 2.45) is 5.10 Å². The van der Waals surface area contributed by atoms with Crippen molar-refractivity contribution in [3.05, 3.63) is 62.2 Å². The lowest BCUT2D eigenvalue weighted by molar-refractivity contribution is -0.386. The van der Waals surface area contributed by atoms with Gasteiger partial charge in [-0.2, -0.15) is 13.5 Å². The smallest absolute Gasteiger partial charge is 0.315 e. The fourth-order valence-electron chi connectivity index (χ4n) is 2.36. The summed E-state index contributed by atoms with van der Waals surface area (Å²) in [7, 11) is -4.19. The molecular weight excluding hydrogens is 420 g/mol. The van der Waals surface area contributed by atoms with Crippen molar-refractivity contribution in [1.29, 1.82) is 0 Å². The molecular formula is C17H18N4O8S. The Kier molecular flexibility index (Phi) is 7.25. The van der Waals surface area contributed by atoms with E-state index < -0.39 is 25.6 Å². The van der Waals surface area contributed by atoms with Crippen molar-refractivity contribution in [2.45, 2.75) is 18.7 Å². The van der Waals surface area contributed by atoms with Crippen LogP contribution in [-0.2, 0) is 10.0 Å². The second kappa shape index (κ2) is 9.65. The summed E-state index contributed by atoms with van der Waals surface area (Å²) in [5.41, 5.74) is -0.591. The van der Waals surface area contributed by atoms with E-state index in [-0.39, 0.29) is 40.9 Å². The third kappa shape index (κ3) is 5.41. The molecule has 2 aromatic carbocycles. The largest absolute Gasteiger partial charge is 0.490 e. The monoisotopic (exact) mass is 438 g/mol. The van der Waals surface area contributed by atoms with Crippen LogP contribution in [0.3, 0.4) is 0 Å². The van der Waals surface area contributed by atoms with Crippen molar-refractivity contribution in [3.8, 4) is 11.5 Å². The van der Waals surface area contributed by atoms with Crippen molar-refractivity contribution in [2.75, 3.05) is 13.2 Å². The molecule has 0 fully saturated rings. The average Bonchev–Trinajstić information content (AvgIpc) is 2.69. The number of hydrogen-bond acceptors (Lipinski definition) is 9. The molecule has 12 nitrogen and oxygen atoms in total. The average molecular weight is 438 g/mol. The van der Waals surface area contributed by atoms with Crippen LogP contribution >= 0.6 is 0 Å². The number of nitrogens with zero attached hydrogens (tertiary/aromatic N) is 3. The minimum atomic E-state index is -4.19. The van der Waals surface area contributed by atoms with E-state index in [4.69, 9.17) is 9.47 Å². The molecule has 0 aliphatic rings. The van der Waals surface area contributed by atoms with Crippen molar-refractivity contribution < 1.29 is 27.7 Å². The fraction of sp³-hybridized carbons (Fsp3) is 0.235. The molecule has 2 rings (SSSR count). The molecule has 30 heavy (non-hydrogen) atoms. The Morgan fingerprint density at radius 3 is 2.37 bits per heavy atom. The molecule has 0 saturated carbocycles. The summed E-state index contributed by atoms with van der Waals surface area (Å²) in [5.74, 6) is 0.0650. The Bertz CT molecular complexity index is 1090. The lowest BCUT2D eigenvalue weighted by Crippen LogP contribution is -2.18. The van der Waals surface area contributed by atoms with E-state index in [1.54, 1.807) is 13.8 Å². The molecule has 0 spiro atoms. The number of non-ortho nitro benzene ring substituents is 1. The normalized spacial score (nSPS) is 11.3. The Labute approximate surface area is 171 Å². The highest BCUT2D eigenvalue weighted by atomic mass is 32.2. The zero-order valence-electron chi connectivity index (χ0n) is 16.0. The van der Waals surface area contributed by atoms with E-state index in [0.29, 0.717) is 0 Å². The Balaban J connectivity index is 2.34. The van der Waals surface area contributed by atoms with Gasteiger partial charge in [0.1, 0.15) is 0 Å². The van der Waals surface area contributed by atoms with E-state index in [9.17, 15) is 28.6 Å². The Hall–Kier alpha value is -3.74. The summed E-state index contributed by atoms with van der Waals surface area (Å²) in [6.45, 7) is 3.75. The quantitative estimate of drug-likeness (QED) is 0.336. The first-order valence-corrected chi connectivity index (χ1v) is 10.0. The minimum absolute atomic E-state index is 0.0429. The van der Waals surface area contributed by atoms with E-state index in [0.717, 1.165) is 24.4 Å². The molecule has 0 aromatic heterocycles. The molecule has 0 aliphatic carbocycles. The molecule has 2 aromatic rings. The predicted molar refractivity (Wildman–Crippen MR) is 106 cm³/mol. The van der Waals surface area contributed by atoms with Crippen LogP contribution in [-0.4, -0.2) is 37.7 Å². The van der Waals surface area contributed by atoms with Crippen LogP contribution in [0.2, 0.25) is 0 Å². The van der Waals surface area contributed by atoms with Gasteiger partial charge in [0.25, 0.3) is 15.7 Å². The second-order valence-electron chi connectivity index (χ2n) is 5.60. The molecule has 0 atom stereocenters. The van der Waals surface area contributed by atoms with Gasteiger partial charge in [-0.15, -0.1) is 0 Å².